The molecule has 0 fully saturated rings. The Balaban J connectivity index is 1.51. The van der Waals surface area contributed by atoms with Crippen LogP contribution >= 0.6 is 11.3 Å². The minimum atomic E-state index is -4.52. The van der Waals surface area contributed by atoms with Crippen LogP contribution in [-0.4, -0.2) is 17.3 Å². The summed E-state index contributed by atoms with van der Waals surface area (Å²) in [6.45, 7) is 1.69. The summed E-state index contributed by atoms with van der Waals surface area (Å²) in [5.74, 6) is 0.609. The standard InChI is InChI=1S/C21H17F3N2O4S/c1-12-18(19(27)25-9-14-4-2-3-5-15(14)21(22,23)24)31-20(28)26(12)10-13-6-7-16-17(8-13)30-11-29-16/h2-8H,9-11H2,1H3,(H,25,27). The van der Waals surface area contributed by atoms with Crippen LogP contribution < -0.4 is 19.7 Å². The van der Waals surface area contributed by atoms with Crippen molar-refractivity contribution in [2.75, 3.05) is 6.79 Å². The van der Waals surface area contributed by atoms with Gasteiger partial charge in [-0.2, -0.15) is 13.2 Å². The van der Waals surface area contributed by atoms with Gasteiger partial charge in [0, 0.05) is 12.2 Å². The number of nitrogens with zero attached hydrogens (tertiary/aromatic N) is 1. The van der Waals surface area contributed by atoms with Crippen LogP contribution in [-0.2, 0) is 19.3 Å². The largest absolute Gasteiger partial charge is 0.454 e. The third kappa shape index (κ3) is 4.29. The lowest BCUT2D eigenvalue weighted by Crippen LogP contribution is -2.24. The number of alkyl halides is 3. The fourth-order valence-corrected chi connectivity index (χ4v) is 4.21. The average molecular weight is 450 g/mol. The average Bonchev–Trinajstić information content (AvgIpc) is 3.31. The molecule has 1 amide bonds. The van der Waals surface area contributed by atoms with Gasteiger partial charge in [0.25, 0.3) is 5.91 Å². The van der Waals surface area contributed by atoms with Crippen LogP contribution in [0.2, 0.25) is 0 Å². The number of ether oxygens (including phenoxy) is 2. The highest BCUT2D eigenvalue weighted by Crippen LogP contribution is 2.33. The Kier molecular flexibility index (Phi) is 5.48. The maximum absolute atomic E-state index is 13.1. The smallest absolute Gasteiger partial charge is 0.416 e. The molecule has 162 valence electrons. The molecule has 2 heterocycles. The molecule has 0 aliphatic carbocycles. The SMILES string of the molecule is Cc1c(C(=O)NCc2ccccc2C(F)(F)F)sc(=O)n1Cc1ccc2c(c1)OCO2. The molecule has 0 saturated heterocycles. The zero-order chi connectivity index (χ0) is 22.2. The molecule has 1 N–H and O–H groups in total. The van der Waals surface area contributed by atoms with Crippen LogP contribution in [0.15, 0.2) is 47.3 Å². The first-order chi connectivity index (χ1) is 14.7. The van der Waals surface area contributed by atoms with E-state index in [2.05, 4.69) is 5.32 Å². The lowest BCUT2D eigenvalue weighted by atomic mass is 10.1. The van der Waals surface area contributed by atoms with Gasteiger partial charge in [0.05, 0.1) is 12.1 Å². The van der Waals surface area contributed by atoms with Crippen LogP contribution in [0.3, 0.4) is 0 Å². The molecule has 1 aliphatic heterocycles. The van der Waals surface area contributed by atoms with Crippen LogP contribution in [0.4, 0.5) is 13.2 Å². The molecule has 3 aromatic rings. The summed E-state index contributed by atoms with van der Waals surface area (Å²) < 4.78 is 51.5. The third-order valence-corrected chi connectivity index (χ3v) is 5.97. The van der Waals surface area contributed by atoms with E-state index in [1.165, 1.54) is 22.8 Å². The number of rotatable bonds is 5. The van der Waals surface area contributed by atoms with Gasteiger partial charge in [-0.05, 0) is 36.2 Å². The van der Waals surface area contributed by atoms with Gasteiger partial charge >= 0.3 is 11.0 Å². The van der Waals surface area contributed by atoms with E-state index in [4.69, 9.17) is 9.47 Å². The molecule has 6 nitrogen and oxygen atoms in total. The van der Waals surface area contributed by atoms with Crippen molar-refractivity contribution in [2.45, 2.75) is 26.2 Å². The lowest BCUT2D eigenvalue weighted by Gasteiger charge is -2.13. The van der Waals surface area contributed by atoms with Crippen molar-refractivity contribution in [1.29, 1.82) is 0 Å². The summed E-state index contributed by atoms with van der Waals surface area (Å²) in [5.41, 5.74) is 0.376. The van der Waals surface area contributed by atoms with Gasteiger partial charge in [0.1, 0.15) is 4.88 Å². The summed E-state index contributed by atoms with van der Waals surface area (Å²) in [6.07, 6.45) is -4.52. The van der Waals surface area contributed by atoms with Crippen molar-refractivity contribution in [3.63, 3.8) is 0 Å². The Labute approximate surface area is 178 Å². The monoisotopic (exact) mass is 450 g/mol. The predicted octanol–water partition coefficient (Wildman–Crippen LogP) is 3.94. The number of hydrogen-bond donors (Lipinski definition) is 1. The number of halogens is 3. The first-order valence-corrected chi connectivity index (χ1v) is 10.1. The molecule has 0 unspecified atom stereocenters. The predicted molar refractivity (Wildman–Crippen MR) is 108 cm³/mol. The Morgan fingerprint density at radius 2 is 1.90 bits per heavy atom. The number of amides is 1. The minimum Gasteiger partial charge on any atom is -0.454 e. The van der Waals surface area contributed by atoms with Gasteiger partial charge < -0.3 is 14.8 Å². The number of fused-ring (bicyclic) bond motifs is 1. The van der Waals surface area contributed by atoms with Crippen LogP contribution in [0.25, 0.3) is 0 Å². The Bertz CT molecular complexity index is 1200. The van der Waals surface area contributed by atoms with E-state index in [0.29, 0.717) is 17.2 Å². The highest BCUT2D eigenvalue weighted by molar-refractivity contribution is 7.11. The summed E-state index contributed by atoms with van der Waals surface area (Å²) in [6, 6.07) is 10.3. The quantitative estimate of drug-likeness (QED) is 0.639. The second-order valence-corrected chi connectivity index (χ2v) is 7.86. The first-order valence-electron chi connectivity index (χ1n) is 9.26. The maximum Gasteiger partial charge on any atom is 0.416 e. The van der Waals surface area contributed by atoms with Gasteiger partial charge in [0.15, 0.2) is 11.5 Å². The molecular weight excluding hydrogens is 433 g/mol. The highest BCUT2D eigenvalue weighted by atomic mass is 32.1. The maximum atomic E-state index is 13.1. The first kappa shape index (κ1) is 21.0. The van der Waals surface area contributed by atoms with E-state index in [-0.39, 0.29) is 35.2 Å². The number of aromatic nitrogens is 1. The molecule has 1 aliphatic rings. The molecule has 0 spiro atoms. The Morgan fingerprint density at radius 3 is 2.68 bits per heavy atom. The van der Waals surface area contributed by atoms with Gasteiger partial charge in [-0.25, -0.2) is 0 Å². The second kappa shape index (κ2) is 8.10. The zero-order valence-electron chi connectivity index (χ0n) is 16.3. The van der Waals surface area contributed by atoms with E-state index in [1.807, 2.05) is 0 Å². The van der Waals surface area contributed by atoms with Gasteiger partial charge in [0.2, 0.25) is 6.79 Å². The van der Waals surface area contributed by atoms with Crippen molar-refractivity contribution in [1.82, 2.24) is 9.88 Å². The molecular formula is C21H17F3N2O4S. The molecule has 0 saturated carbocycles. The summed E-state index contributed by atoms with van der Waals surface area (Å²) in [5, 5.41) is 2.49. The van der Waals surface area contributed by atoms with Gasteiger partial charge in [-0.1, -0.05) is 35.6 Å². The Hall–Kier alpha value is -3.27. The molecule has 0 atom stereocenters. The summed E-state index contributed by atoms with van der Waals surface area (Å²) >= 11 is 0.756. The molecule has 0 radical (unpaired) electrons. The molecule has 31 heavy (non-hydrogen) atoms. The topological polar surface area (TPSA) is 69.6 Å². The van der Waals surface area contributed by atoms with Crippen molar-refractivity contribution >= 4 is 17.2 Å². The van der Waals surface area contributed by atoms with Crippen LogP contribution in [0.5, 0.6) is 11.5 Å². The fourth-order valence-electron chi connectivity index (χ4n) is 3.30. The van der Waals surface area contributed by atoms with Crippen LogP contribution in [0.1, 0.15) is 32.1 Å². The fraction of sp³-hybridized carbons (Fsp3) is 0.238. The second-order valence-electron chi connectivity index (χ2n) is 6.89. The lowest BCUT2D eigenvalue weighted by molar-refractivity contribution is -0.138. The Morgan fingerprint density at radius 1 is 1.16 bits per heavy atom. The summed E-state index contributed by atoms with van der Waals surface area (Å²) in [7, 11) is 0. The highest BCUT2D eigenvalue weighted by Gasteiger charge is 2.33. The van der Waals surface area contributed by atoms with E-state index >= 15 is 0 Å². The van der Waals surface area contributed by atoms with Crippen molar-refractivity contribution in [2.24, 2.45) is 0 Å². The number of thiazole rings is 1. The van der Waals surface area contributed by atoms with Crippen molar-refractivity contribution in [3.05, 3.63) is 79.4 Å². The number of nitrogens with one attached hydrogen (secondary N) is 1. The van der Waals surface area contributed by atoms with E-state index < -0.39 is 17.6 Å². The minimum absolute atomic E-state index is 0.0480. The summed E-state index contributed by atoms with van der Waals surface area (Å²) in [4.78, 5) is 24.9. The molecule has 1 aromatic heterocycles. The number of hydrogen-bond acceptors (Lipinski definition) is 5. The zero-order valence-corrected chi connectivity index (χ0v) is 17.1. The van der Waals surface area contributed by atoms with E-state index in [0.717, 1.165) is 23.0 Å². The van der Waals surface area contributed by atoms with E-state index in [9.17, 15) is 22.8 Å². The molecule has 10 heteroatoms. The molecule has 0 bridgehead atoms. The van der Waals surface area contributed by atoms with Crippen molar-refractivity contribution < 1.29 is 27.4 Å². The van der Waals surface area contributed by atoms with Crippen LogP contribution in [0, 0.1) is 6.92 Å². The molecule has 4 rings (SSSR count). The van der Waals surface area contributed by atoms with Gasteiger partial charge in [-0.15, -0.1) is 0 Å². The number of carbonyl (C=O) groups excluding carboxylic acids is 1. The van der Waals surface area contributed by atoms with Gasteiger partial charge in [-0.3, -0.25) is 14.2 Å². The normalized spacial score (nSPS) is 12.8. The van der Waals surface area contributed by atoms with Crippen molar-refractivity contribution in [3.8, 4) is 11.5 Å². The van der Waals surface area contributed by atoms with E-state index in [1.54, 1.807) is 25.1 Å². The third-order valence-electron chi connectivity index (χ3n) is 4.89. The number of carbonyl (C=O) groups is 1. The molecule has 2 aromatic carbocycles. The number of benzene rings is 2.